The van der Waals surface area contributed by atoms with Crippen LogP contribution in [-0.4, -0.2) is 20.1 Å². The van der Waals surface area contributed by atoms with Crippen LogP contribution in [0.15, 0.2) is 54.6 Å². The second-order valence-electron chi connectivity index (χ2n) is 4.82. The van der Waals surface area contributed by atoms with Gasteiger partial charge in [0.25, 0.3) is 0 Å². The zero-order valence-electron chi connectivity index (χ0n) is 11.5. The van der Waals surface area contributed by atoms with Gasteiger partial charge in [0.2, 0.25) is 0 Å². The van der Waals surface area contributed by atoms with Crippen molar-refractivity contribution in [2.75, 3.05) is 25.0 Å². The van der Waals surface area contributed by atoms with Gasteiger partial charge < -0.3 is 10.6 Å². The maximum atomic E-state index is 5.68. The van der Waals surface area contributed by atoms with E-state index in [1.165, 1.54) is 16.8 Å². The molecule has 0 fully saturated rings. The average molecular weight is 254 g/mol. The molecule has 2 rings (SSSR count). The number of rotatable bonds is 6. The van der Waals surface area contributed by atoms with Crippen molar-refractivity contribution in [3.63, 3.8) is 0 Å². The van der Waals surface area contributed by atoms with Crippen LogP contribution in [0.1, 0.15) is 11.1 Å². The maximum Gasteiger partial charge on any atom is 0.0396 e. The van der Waals surface area contributed by atoms with Crippen LogP contribution in [-0.2, 0) is 12.8 Å². The Kier molecular flexibility index (Phi) is 4.99. The lowest BCUT2D eigenvalue weighted by molar-refractivity contribution is 0.861. The summed E-state index contributed by atoms with van der Waals surface area (Å²) < 4.78 is 0. The minimum absolute atomic E-state index is 0.698. The highest BCUT2D eigenvalue weighted by molar-refractivity contribution is 5.53. The standard InChI is InChI=1S/C17H22N2/c1-19(14-12-15-7-3-2-4-8-15)17-10-6-5-9-16(17)11-13-18/h2-10H,11-14,18H2,1H3. The molecule has 0 radical (unpaired) electrons. The fourth-order valence-corrected chi connectivity index (χ4v) is 2.31. The Morgan fingerprint density at radius 2 is 1.58 bits per heavy atom. The molecule has 0 heterocycles. The van der Waals surface area contributed by atoms with Crippen molar-refractivity contribution >= 4 is 5.69 Å². The molecule has 0 saturated heterocycles. The molecule has 0 aliphatic carbocycles. The third kappa shape index (κ3) is 3.83. The highest BCUT2D eigenvalue weighted by Crippen LogP contribution is 2.19. The van der Waals surface area contributed by atoms with E-state index < -0.39 is 0 Å². The Labute approximate surface area is 115 Å². The molecule has 2 aromatic rings. The summed E-state index contributed by atoms with van der Waals surface area (Å²) in [4.78, 5) is 2.32. The molecule has 2 N–H and O–H groups in total. The topological polar surface area (TPSA) is 29.3 Å². The van der Waals surface area contributed by atoms with Crippen molar-refractivity contribution in [3.05, 3.63) is 65.7 Å². The van der Waals surface area contributed by atoms with Crippen molar-refractivity contribution < 1.29 is 0 Å². The van der Waals surface area contributed by atoms with Gasteiger partial charge in [-0.1, -0.05) is 48.5 Å². The molecule has 0 amide bonds. The lowest BCUT2D eigenvalue weighted by atomic mass is 10.1. The van der Waals surface area contributed by atoms with Gasteiger partial charge >= 0.3 is 0 Å². The molecule has 2 aromatic carbocycles. The van der Waals surface area contributed by atoms with Gasteiger partial charge in [0.05, 0.1) is 0 Å². The molecule has 19 heavy (non-hydrogen) atoms. The zero-order valence-corrected chi connectivity index (χ0v) is 11.5. The molecule has 0 aromatic heterocycles. The zero-order chi connectivity index (χ0) is 13.5. The second kappa shape index (κ2) is 6.95. The molecule has 100 valence electrons. The maximum absolute atomic E-state index is 5.68. The highest BCUT2D eigenvalue weighted by atomic mass is 15.1. The van der Waals surface area contributed by atoms with E-state index >= 15 is 0 Å². The van der Waals surface area contributed by atoms with E-state index in [-0.39, 0.29) is 0 Å². The fourth-order valence-electron chi connectivity index (χ4n) is 2.31. The van der Waals surface area contributed by atoms with Crippen LogP contribution in [0.2, 0.25) is 0 Å². The van der Waals surface area contributed by atoms with E-state index in [1.807, 2.05) is 0 Å². The summed E-state index contributed by atoms with van der Waals surface area (Å²) >= 11 is 0. The van der Waals surface area contributed by atoms with Gasteiger partial charge in [-0.15, -0.1) is 0 Å². The predicted octanol–water partition coefficient (Wildman–Crippen LogP) is 2.87. The van der Waals surface area contributed by atoms with Crippen LogP contribution in [0.3, 0.4) is 0 Å². The highest BCUT2D eigenvalue weighted by Gasteiger charge is 2.06. The van der Waals surface area contributed by atoms with Crippen LogP contribution < -0.4 is 10.6 Å². The molecular formula is C17H22N2. The first-order valence-corrected chi connectivity index (χ1v) is 6.84. The van der Waals surface area contributed by atoms with Gasteiger partial charge in [0.1, 0.15) is 0 Å². The van der Waals surface area contributed by atoms with Crippen LogP contribution in [0, 0.1) is 0 Å². The molecule has 0 unspecified atom stereocenters. The molecule has 0 atom stereocenters. The van der Waals surface area contributed by atoms with E-state index in [4.69, 9.17) is 5.73 Å². The number of nitrogens with zero attached hydrogens (tertiary/aromatic N) is 1. The summed E-state index contributed by atoms with van der Waals surface area (Å²) in [6, 6.07) is 19.1. The van der Waals surface area contributed by atoms with Gasteiger partial charge in [-0.25, -0.2) is 0 Å². The van der Waals surface area contributed by atoms with E-state index in [0.29, 0.717) is 6.54 Å². The molecule has 2 nitrogen and oxygen atoms in total. The Balaban J connectivity index is 2.01. The van der Waals surface area contributed by atoms with Crippen molar-refractivity contribution in [2.45, 2.75) is 12.8 Å². The first-order chi connectivity index (χ1) is 9.31. The molecule has 0 aliphatic heterocycles. The van der Waals surface area contributed by atoms with Crippen LogP contribution >= 0.6 is 0 Å². The average Bonchev–Trinajstić information content (AvgIpc) is 2.47. The van der Waals surface area contributed by atoms with Crippen molar-refractivity contribution in [1.29, 1.82) is 0 Å². The number of hydrogen-bond acceptors (Lipinski definition) is 2. The summed E-state index contributed by atoms with van der Waals surface area (Å²) in [6.07, 6.45) is 2.00. The first-order valence-electron chi connectivity index (χ1n) is 6.84. The second-order valence-corrected chi connectivity index (χ2v) is 4.82. The van der Waals surface area contributed by atoms with E-state index in [0.717, 1.165) is 19.4 Å². The quantitative estimate of drug-likeness (QED) is 0.859. The van der Waals surface area contributed by atoms with Crippen molar-refractivity contribution in [3.8, 4) is 0 Å². The van der Waals surface area contributed by atoms with Crippen LogP contribution in [0.4, 0.5) is 5.69 Å². The van der Waals surface area contributed by atoms with Gasteiger partial charge in [-0.3, -0.25) is 0 Å². The van der Waals surface area contributed by atoms with Crippen LogP contribution in [0.5, 0.6) is 0 Å². The van der Waals surface area contributed by atoms with Gasteiger partial charge in [-0.05, 0) is 36.6 Å². The SMILES string of the molecule is CN(CCc1ccccc1)c1ccccc1CCN. The number of para-hydroxylation sites is 1. The van der Waals surface area contributed by atoms with E-state index in [2.05, 4.69) is 66.5 Å². The monoisotopic (exact) mass is 254 g/mol. The summed E-state index contributed by atoms with van der Waals surface area (Å²) in [6.45, 7) is 1.72. The Morgan fingerprint density at radius 3 is 2.32 bits per heavy atom. The number of likely N-dealkylation sites (N-methyl/N-ethyl adjacent to an activating group) is 1. The molecule has 0 saturated carbocycles. The predicted molar refractivity (Wildman–Crippen MR) is 82.6 cm³/mol. The molecule has 0 spiro atoms. The van der Waals surface area contributed by atoms with Gasteiger partial charge in [0, 0.05) is 19.3 Å². The van der Waals surface area contributed by atoms with E-state index in [1.54, 1.807) is 0 Å². The molecule has 0 bridgehead atoms. The molecule has 2 heteroatoms. The lowest BCUT2D eigenvalue weighted by Gasteiger charge is -2.22. The Hall–Kier alpha value is -1.80. The van der Waals surface area contributed by atoms with Crippen molar-refractivity contribution in [1.82, 2.24) is 0 Å². The first kappa shape index (κ1) is 13.6. The summed E-state index contributed by atoms with van der Waals surface area (Å²) in [5, 5.41) is 0. The lowest BCUT2D eigenvalue weighted by Crippen LogP contribution is -2.22. The summed E-state index contributed by atoms with van der Waals surface area (Å²) in [5.41, 5.74) is 9.69. The molecular weight excluding hydrogens is 232 g/mol. The third-order valence-electron chi connectivity index (χ3n) is 3.40. The smallest absolute Gasteiger partial charge is 0.0396 e. The minimum atomic E-state index is 0.698. The molecule has 0 aliphatic rings. The number of anilines is 1. The van der Waals surface area contributed by atoms with Gasteiger partial charge in [0.15, 0.2) is 0 Å². The summed E-state index contributed by atoms with van der Waals surface area (Å²) in [5.74, 6) is 0. The fraction of sp³-hybridized carbons (Fsp3) is 0.294. The van der Waals surface area contributed by atoms with Crippen molar-refractivity contribution in [2.24, 2.45) is 5.73 Å². The van der Waals surface area contributed by atoms with Crippen LogP contribution in [0.25, 0.3) is 0 Å². The number of benzene rings is 2. The Bertz CT molecular complexity index is 494. The van der Waals surface area contributed by atoms with E-state index in [9.17, 15) is 0 Å². The number of nitrogens with two attached hydrogens (primary N) is 1. The van der Waals surface area contributed by atoms with Gasteiger partial charge in [-0.2, -0.15) is 0 Å². The Morgan fingerprint density at radius 1 is 0.895 bits per heavy atom. The third-order valence-corrected chi connectivity index (χ3v) is 3.40. The minimum Gasteiger partial charge on any atom is -0.374 e. The number of hydrogen-bond donors (Lipinski definition) is 1. The normalized spacial score (nSPS) is 10.4. The summed E-state index contributed by atoms with van der Waals surface area (Å²) in [7, 11) is 2.15. The largest absolute Gasteiger partial charge is 0.374 e.